The van der Waals surface area contributed by atoms with Crippen LogP contribution in [-0.4, -0.2) is 49.1 Å². The van der Waals surface area contributed by atoms with Gasteiger partial charge in [-0.1, -0.05) is 36.8 Å². The van der Waals surface area contributed by atoms with Crippen molar-refractivity contribution in [2.24, 2.45) is 10.9 Å². The van der Waals surface area contributed by atoms with Crippen LogP contribution < -0.4 is 10.6 Å². The number of oxazole rings is 1. The van der Waals surface area contributed by atoms with E-state index in [4.69, 9.17) is 4.42 Å². The fraction of sp³-hybridized carbons (Fsp3) is 0.600. The third kappa shape index (κ3) is 6.04. The summed E-state index contributed by atoms with van der Waals surface area (Å²) in [6, 6.07) is 10.9. The van der Waals surface area contributed by atoms with E-state index < -0.39 is 0 Å². The molecular formula is C25H38IN5O. The lowest BCUT2D eigenvalue weighted by molar-refractivity contribution is 0.164. The zero-order valence-corrected chi connectivity index (χ0v) is 22.0. The standard InChI is InChI=1S/C25H37N5O.HI/c1-19-20(2)31-23(29-19)17-30-14-10-21(11-15-30)16-27-24(26-3)28-18-25(12-7-13-25)22-8-5-4-6-9-22;/h4-6,8-9,21H,7,10-18H2,1-3H3,(H2,26,27,28);1H. The summed E-state index contributed by atoms with van der Waals surface area (Å²) in [6.07, 6.45) is 6.20. The molecule has 0 spiro atoms. The van der Waals surface area contributed by atoms with Crippen molar-refractivity contribution in [3.8, 4) is 0 Å². The van der Waals surface area contributed by atoms with Crippen LogP contribution in [0.1, 0.15) is 55.0 Å². The average molecular weight is 552 g/mol. The lowest BCUT2D eigenvalue weighted by Crippen LogP contribution is -2.50. The minimum absolute atomic E-state index is 0. The Morgan fingerprint density at radius 2 is 1.88 bits per heavy atom. The highest BCUT2D eigenvalue weighted by Gasteiger charge is 2.38. The lowest BCUT2D eigenvalue weighted by Gasteiger charge is -2.43. The van der Waals surface area contributed by atoms with Gasteiger partial charge in [-0.05, 0) is 64.1 Å². The molecule has 0 atom stereocenters. The Balaban J connectivity index is 0.00000289. The van der Waals surface area contributed by atoms with E-state index in [0.717, 1.165) is 56.0 Å². The molecular weight excluding hydrogens is 513 g/mol. The number of nitrogens with zero attached hydrogens (tertiary/aromatic N) is 3. The molecule has 1 aromatic heterocycles. The number of benzene rings is 1. The van der Waals surface area contributed by atoms with Crippen molar-refractivity contribution in [2.45, 2.75) is 57.9 Å². The predicted octanol–water partition coefficient (Wildman–Crippen LogP) is 4.41. The van der Waals surface area contributed by atoms with Crippen molar-refractivity contribution >= 4 is 29.9 Å². The molecule has 1 saturated heterocycles. The molecule has 4 rings (SSSR count). The minimum Gasteiger partial charge on any atom is -0.444 e. The Kier molecular flexibility index (Phi) is 8.99. The van der Waals surface area contributed by atoms with Gasteiger partial charge < -0.3 is 15.1 Å². The summed E-state index contributed by atoms with van der Waals surface area (Å²) in [5, 5.41) is 7.18. The van der Waals surface area contributed by atoms with Gasteiger partial charge in [0.15, 0.2) is 5.96 Å². The summed E-state index contributed by atoms with van der Waals surface area (Å²) in [4.78, 5) is 11.4. The smallest absolute Gasteiger partial charge is 0.208 e. The first-order valence-electron chi connectivity index (χ1n) is 11.7. The van der Waals surface area contributed by atoms with Crippen LogP contribution in [0.15, 0.2) is 39.7 Å². The highest BCUT2D eigenvalue weighted by Crippen LogP contribution is 2.43. The third-order valence-electron chi connectivity index (χ3n) is 7.21. The molecule has 2 fully saturated rings. The molecule has 2 N–H and O–H groups in total. The van der Waals surface area contributed by atoms with Crippen LogP contribution in [0.25, 0.3) is 0 Å². The predicted molar refractivity (Wildman–Crippen MR) is 141 cm³/mol. The van der Waals surface area contributed by atoms with Crippen LogP contribution in [0.4, 0.5) is 0 Å². The number of hydrogen-bond acceptors (Lipinski definition) is 4. The molecule has 0 bridgehead atoms. The van der Waals surface area contributed by atoms with Crippen LogP contribution in [0.3, 0.4) is 0 Å². The second kappa shape index (κ2) is 11.5. The molecule has 0 amide bonds. The van der Waals surface area contributed by atoms with Crippen LogP contribution in [0, 0.1) is 19.8 Å². The topological polar surface area (TPSA) is 65.7 Å². The van der Waals surface area contributed by atoms with Crippen molar-refractivity contribution in [2.75, 3.05) is 33.2 Å². The molecule has 2 aliphatic rings. The Labute approximate surface area is 209 Å². The highest BCUT2D eigenvalue weighted by molar-refractivity contribution is 14.0. The zero-order valence-electron chi connectivity index (χ0n) is 19.7. The van der Waals surface area contributed by atoms with Gasteiger partial charge >= 0.3 is 0 Å². The second-order valence-corrected chi connectivity index (χ2v) is 9.28. The highest BCUT2D eigenvalue weighted by atomic mass is 127. The van der Waals surface area contributed by atoms with E-state index in [2.05, 4.69) is 55.8 Å². The Hall–Kier alpha value is -1.61. The van der Waals surface area contributed by atoms with Crippen LogP contribution in [-0.2, 0) is 12.0 Å². The first-order chi connectivity index (χ1) is 15.1. The first kappa shape index (κ1) is 25.0. The molecule has 176 valence electrons. The van der Waals surface area contributed by atoms with Crippen molar-refractivity contribution < 1.29 is 4.42 Å². The maximum atomic E-state index is 5.75. The minimum atomic E-state index is 0. The number of aryl methyl sites for hydroxylation is 2. The van der Waals surface area contributed by atoms with E-state index >= 15 is 0 Å². The summed E-state index contributed by atoms with van der Waals surface area (Å²) in [5.74, 6) is 3.38. The van der Waals surface area contributed by atoms with Gasteiger partial charge in [-0.3, -0.25) is 9.89 Å². The monoisotopic (exact) mass is 551 g/mol. The molecule has 6 nitrogen and oxygen atoms in total. The average Bonchev–Trinajstić information content (AvgIpc) is 3.08. The first-order valence-corrected chi connectivity index (χ1v) is 11.7. The SMILES string of the molecule is CN=C(NCC1CCN(Cc2nc(C)c(C)o2)CC1)NCC1(c2ccccc2)CCC1.I. The van der Waals surface area contributed by atoms with E-state index in [-0.39, 0.29) is 29.4 Å². The number of hydrogen-bond donors (Lipinski definition) is 2. The van der Waals surface area contributed by atoms with Gasteiger partial charge in [-0.2, -0.15) is 0 Å². The zero-order chi connectivity index (χ0) is 21.7. The maximum Gasteiger partial charge on any atom is 0.208 e. The Morgan fingerprint density at radius 1 is 1.16 bits per heavy atom. The summed E-state index contributed by atoms with van der Waals surface area (Å²) < 4.78 is 5.75. The van der Waals surface area contributed by atoms with Gasteiger partial charge in [0, 0.05) is 25.6 Å². The molecule has 1 saturated carbocycles. The molecule has 32 heavy (non-hydrogen) atoms. The number of nitrogens with one attached hydrogen (secondary N) is 2. The third-order valence-corrected chi connectivity index (χ3v) is 7.21. The fourth-order valence-corrected chi connectivity index (χ4v) is 4.82. The number of likely N-dealkylation sites (tertiary alicyclic amines) is 1. The number of aliphatic imine (C=N–C) groups is 1. The lowest BCUT2D eigenvalue weighted by atomic mass is 9.64. The number of aromatic nitrogens is 1. The number of rotatable bonds is 7. The summed E-state index contributed by atoms with van der Waals surface area (Å²) in [6.45, 7) is 8.92. The van der Waals surface area contributed by atoms with E-state index in [1.165, 1.54) is 37.7 Å². The number of guanidine groups is 1. The number of piperidine rings is 1. The Morgan fingerprint density at radius 3 is 2.44 bits per heavy atom. The van der Waals surface area contributed by atoms with Crippen molar-refractivity contribution in [3.63, 3.8) is 0 Å². The van der Waals surface area contributed by atoms with Crippen molar-refractivity contribution in [3.05, 3.63) is 53.2 Å². The van der Waals surface area contributed by atoms with Gasteiger partial charge in [-0.25, -0.2) is 4.98 Å². The summed E-state index contributed by atoms with van der Waals surface area (Å²) in [5.41, 5.74) is 2.72. The molecule has 1 aromatic carbocycles. The quantitative estimate of drug-likeness (QED) is 0.303. The molecule has 0 unspecified atom stereocenters. The molecule has 0 radical (unpaired) electrons. The molecule has 2 heterocycles. The van der Waals surface area contributed by atoms with Crippen LogP contribution in [0.5, 0.6) is 0 Å². The largest absolute Gasteiger partial charge is 0.444 e. The van der Waals surface area contributed by atoms with Gasteiger partial charge in [0.2, 0.25) is 5.89 Å². The van der Waals surface area contributed by atoms with Crippen molar-refractivity contribution in [1.29, 1.82) is 0 Å². The molecule has 1 aliphatic heterocycles. The van der Waals surface area contributed by atoms with Crippen molar-refractivity contribution in [1.82, 2.24) is 20.5 Å². The van der Waals surface area contributed by atoms with Crippen LogP contribution >= 0.6 is 24.0 Å². The summed E-state index contributed by atoms with van der Waals surface area (Å²) >= 11 is 0. The van der Waals surface area contributed by atoms with Crippen LogP contribution in [0.2, 0.25) is 0 Å². The molecule has 2 aromatic rings. The summed E-state index contributed by atoms with van der Waals surface area (Å²) in [7, 11) is 1.87. The normalized spacial score (nSPS) is 19.2. The Bertz CT molecular complexity index is 850. The number of halogens is 1. The van der Waals surface area contributed by atoms with Gasteiger partial charge in [0.05, 0.1) is 12.2 Å². The van der Waals surface area contributed by atoms with E-state index in [0.29, 0.717) is 5.92 Å². The maximum absolute atomic E-state index is 5.75. The fourth-order valence-electron chi connectivity index (χ4n) is 4.82. The van der Waals surface area contributed by atoms with E-state index in [9.17, 15) is 0 Å². The van der Waals surface area contributed by atoms with E-state index in [1.54, 1.807) is 0 Å². The van der Waals surface area contributed by atoms with E-state index in [1.807, 2.05) is 20.9 Å². The second-order valence-electron chi connectivity index (χ2n) is 9.28. The van der Waals surface area contributed by atoms with Gasteiger partial charge in [-0.15, -0.1) is 24.0 Å². The molecule has 7 heteroatoms. The van der Waals surface area contributed by atoms with Gasteiger partial charge in [0.1, 0.15) is 5.76 Å². The van der Waals surface area contributed by atoms with Gasteiger partial charge in [0.25, 0.3) is 0 Å². The molecule has 1 aliphatic carbocycles.